The molecule has 0 aliphatic heterocycles. The predicted octanol–water partition coefficient (Wildman–Crippen LogP) is 4.25. The summed E-state index contributed by atoms with van der Waals surface area (Å²) in [5, 5.41) is 3.78. The van der Waals surface area contributed by atoms with Gasteiger partial charge in [0.1, 0.15) is 0 Å². The molecule has 0 saturated heterocycles. The summed E-state index contributed by atoms with van der Waals surface area (Å²) >= 11 is 1.80. The molecule has 2 unspecified atom stereocenters. The summed E-state index contributed by atoms with van der Waals surface area (Å²) < 4.78 is 0. The van der Waals surface area contributed by atoms with E-state index in [9.17, 15) is 0 Å². The summed E-state index contributed by atoms with van der Waals surface area (Å²) in [5.41, 5.74) is 1.40. The lowest BCUT2D eigenvalue weighted by molar-refractivity contribution is 0.405. The highest BCUT2D eigenvalue weighted by atomic mass is 32.2. The SMILES string of the molecule is CCC(NC(C)c1ccc(SC)cc1)C1CC1. The Kier molecular flexibility index (Phi) is 4.52. The van der Waals surface area contributed by atoms with Crippen LogP contribution in [0.3, 0.4) is 0 Å². The Morgan fingerprint density at radius 1 is 1.29 bits per heavy atom. The van der Waals surface area contributed by atoms with Gasteiger partial charge in [-0.2, -0.15) is 0 Å². The zero-order valence-electron chi connectivity index (χ0n) is 11.1. The van der Waals surface area contributed by atoms with Crippen LogP contribution < -0.4 is 5.32 Å². The molecule has 1 aliphatic carbocycles. The van der Waals surface area contributed by atoms with E-state index in [1.165, 1.54) is 29.7 Å². The summed E-state index contributed by atoms with van der Waals surface area (Å²) in [6.07, 6.45) is 6.21. The lowest BCUT2D eigenvalue weighted by Crippen LogP contribution is -2.32. The van der Waals surface area contributed by atoms with Crippen molar-refractivity contribution in [3.8, 4) is 0 Å². The van der Waals surface area contributed by atoms with E-state index in [4.69, 9.17) is 0 Å². The molecular weight excluding hydrogens is 226 g/mol. The third-order valence-electron chi connectivity index (χ3n) is 3.71. The summed E-state index contributed by atoms with van der Waals surface area (Å²) in [7, 11) is 0. The molecule has 0 aromatic heterocycles. The van der Waals surface area contributed by atoms with Gasteiger partial charge < -0.3 is 5.32 Å². The second-order valence-corrected chi connectivity index (χ2v) is 5.89. The highest BCUT2D eigenvalue weighted by molar-refractivity contribution is 7.98. The molecule has 94 valence electrons. The number of thioether (sulfide) groups is 1. The molecule has 1 nitrogen and oxygen atoms in total. The summed E-state index contributed by atoms with van der Waals surface area (Å²) in [5.74, 6) is 0.938. The van der Waals surface area contributed by atoms with Crippen molar-refractivity contribution in [1.29, 1.82) is 0 Å². The van der Waals surface area contributed by atoms with E-state index in [2.05, 4.69) is 49.7 Å². The smallest absolute Gasteiger partial charge is 0.0294 e. The Labute approximate surface area is 109 Å². The van der Waals surface area contributed by atoms with Crippen LogP contribution in [0.2, 0.25) is 0 Å². The maximum atomic E-state index is 3.78. The molecule has 1 N–H and O–H groups in total. The largest absolute Gasteiger partial charge is 0.307 e. The van der Waals surface area contributed by atoms with Crippen LogP contribution in [0.5, 0.6) is 0 Å². The van der Waals surface area contributed by atoms with E-state index < -0.39 is 0 Å². The highest BCUT2D eigenvalue weighted by Gasteiger charge is 2.30. The summed E-state index contributed by atoms with van der Waals surface area (Å²) in [6.45, 7) is 4.57. The zero-order chi connectivity index (χ0) is 12.3. The fourth-order valence-corrected chi connectivity index (χ4v) is 2.80. The highest BCUT2D eigenvalue weighted by Crippen LogP contribution is 2.35. The van der Waals surface area contributed by atoms with Crippen molar-refractivity contribution < 1.29 is 0 Å². The van der Waals surface area contributed by atoms with Gasteiger partial charge in [-0.3, -0.25) is 0 Å². The monoisotopic (exact) mass is 249 g/mol. The van der Waals surface area contributed by atoms with Gasteiger partial charge in [-0.1, -0.05) is 19.1 Å². The molecule has 0 bridgehead atoms. The van der Waals surface area contributed by atoms with Crippen molar-refractivity contribution >= 4 is 11.8 Å². The Balaban J connectivity index is 1.95. The van der Waals surface area contributed by atoms with Gasteiger partial charge in [-0.05, 0) is 56.1 Å². The van der Waals surface area contributed by atoms with E-state index in [1.807, 2.05) is 0 Å². The van der Waals surface area contributed by atoms with Crippen LogP contribution in [0.1, 0.15) is 44.7 Å². The molecule has 2 rings (SSSR count). The summed E-state index contributed by atoms with van der Waals surface area (Å²) in [6, 6.07) is 10.1. The lowest BCUT2D eigenvalue weighted by Gasteiger charge is -2.22. The van der Waals surface area contributed by atoms with E-state index in [0.717, 1.165) is 5.92 Å². The van der Waals surface area contributed by atoms with Gasteiger partial charge >= 0.3 is 0 Å². The first-order valence-corrected chi connectivity index (χ1v) is 7.87. The quantitative estimate of drug-likeness (QED) is 0.757. The first kappa shape index (κ1) is 13.0. The van der Waals surface area contributed by atoms with Crippen molar-refractivity contribution in [2.45, 2.75) is 50.1 Å². The maximum Gasteiger partial charge on any atom is 0.0294 e. The van der Waals surface area contributed by atoms with E-state index in [1.54, 1.807) is 11.8 Å². The average Bonchev–Trinajstić information content (AvgIpc) is 3.20. The van der Waals surface area contributed by atoms with Gasteiger partial charge in [0.25, 0.3) is 0 Å². The predicted molar refractivity (Wildman–Crippen MR) is 76.6 cm³/mol. The molecule has 0 spiro atoms. The molecule has 17 heavy (non-hydrogen) atoms. The van der Waals surface area contributed by atoms with Crippen molar-refractivity contribution in [3.63, 3.8) is 0 Å². The molecule has 0 amide bonds. The number of hydrogen-bond acceptors (Lipinski definition) is 2. The van der Waals surface area contributed by atoms with Gasteiger partial charge in [0.2, 0.25) is 0 Å². The molecule has 0 heterocycles. The molecule has 0 radical (unpaired) electrons. The van der Waals surface area contributed by atoms with Gasteiger partial charge in [-0.15, -0.1) is 11.8 Å². The molecule has 2 atom stereocenters. The van der Waals surface area contributed by atoms with Gasteiger partial charge in [0, 0.05) is 17.0 Å². The maximum absolute atomic E-state index is 3.78. The molecule has 1 fully saturated rings. The molecule has 1 aromatic carbocycles. The van der Waals surface area contributed by atoms with E-state index in [-0.39, 0.29) is 0 Å². The van der Waals surface area contributed by atoms with Gasteiger partial charge in [0.05, 0.1) is 0 Å². The number of benzene rings is 1. The molecule has 1 saturated carbocycles. The first-order valence-electron chi connectivity index (χ1n) is 6.64. The number of rotatable bonds is 6. The van der Waals surface area contributed by atoms with Crippen molar-refractivity contribution in [2.75, 3.05) is 6.26 Å². The van der Waals surface area contributed by atoms with E-state index >= 15 is 0 Å². The van der Waals surface area contributed by atoms with Crippen LogP contribution in [-0.2, 0) is 0 Å². The third-order valence-corrected chi connectivity index (χ3v) is 4.45. The minimum atomic E-state index is 0.469. The van der Waals surface area contributed by atoms with Crippen LogP contribution in [-0.4, -0.2) is 12.3 Å². The minimum absolute atomic E-state index is 0.469. The fraction of sp³-hybridized carbons (Fsp3) is 0.600. The Hall–Kier alpha value is -0.470. The third kappa shape index (κ3) is 3.49. The minimum Gasteiger partial charge on any atom is -0.307 e. The second-order valence-electron chi connectivity index (χ2n) is 5.01. The molecular formula is C15H23NS. The Morgan fingerprint density at radius 2 is 1.94 bits per heavy atom. The molecule has 1 aromatic rings. The molecule has 2 heteroatoms. The van der Waals surface area contributed by atoms with Crippen LogP contribution in [0.25, 0.3) is 0 Å². The number of hydrogen-bond donors (Lipinski definition) is 1. The van der Waals surface area contributed by atoms with E-state index in [0.29, 0.717) is 12.1 Å². The van der Waals surface area contributed by atoms with Crippen LogP contribution >= 0.6 is 11.8 Å². The van der Waals surface area contributed by atoms with Gasteiger partial charge in [0.15, 0.2) is 0 Å². The van der Waals surface area contributed by atoms with Crippen LogP contribution in [0, 0.1) is 5.92 Å². The zero-order valence-corrected chi connectivity index (χ0v) is 11.9. The van der Waals surface area contributed by atoms with Crippen LogP contribution in [0.4, 0.5) is 0 Å². The summed E-state index contributed by atoms with van der Waals surface area (Å²) in [4.78, 5) is 1.34. The Bertz CT molecular complexity index is 342. The Morgan fingerprint density at radius 3 is 2.41 bits per heavy atom. The molecule has 1 aliphatic rings. The van der Waals surface area contributed by atoms with Crippen LogP contribution in [0.15, 0.2) is 29.2 Å². The fourth-order valence-electron chi connectivity index (χ4n) is 2.40. The van der Waals surface area contributed by atoms with Crippen molar-refractivity contribution in [2.24, 2.45) is 5.92 Å². The average molecular weight is 249 g/mol. The first-order chi connectivity index (χ1) is 8.24. The van der Waals surface area contributed by atoms with Crippen molar-refractivity contribution in [3.05, 3.63) is 29.8 Å². The normalized spacial score (nSPS) is 19.0. The standard InChI is InChI=1S/C15H23NS/c1-4-15(13-5-6-13)16-11(2)12-7-9-14(17-3)10-8-12/h7-11,13,15-16H,4-6H2,1-3H3. The topological polar surface area (TPSA) is 12.0 Å². The second kappa shape index (κ2) is 5.92. The van der Waals surface area contributed by atoms with Crippen molar-refractivity contribution in [1.82, 2.24) is 5.32 Å². The van der Waals surface area contributed by atoms with Gasteiger partial charge in [-0.25, -0.2) is 0 Å². The number of nitrogens with one attached hydrogen (secondary N) is 1. The lowest BCUT2D eigenvalue weighted by atomic mass is 10.0.